The van der Waals surface area contributed by atoms with Gasteiger partial charge in [0.15, 0.2) is 10.9 Å². The minimum atomic E-state index is -0.627. The Kier molecular flexibility index (Phi) is 8.31. The van der Waals surface area contributed by atoms with Crippen LogP contribution in [0.15, 0.2) is 24.3 Å². The van der Waals surface area contributed by atoms with Crippen molar-refractivity contribution in [2.75, 3.05) is 17.6 Å². The molecule has 1 rings (SSSR count). The van der Waals surface area contributed by atoms with Gasteiger partial charge in [-0.2, -0.15) is 0 Å². The van der Waals surface area contributed by atoms with E-state index in [1.54, 1.807) is 39.0 Å². The number of thioether (sulfide) groups is 1. The number of ketones is 1. The maximum Gasteiger partial charge on any atom is 0.412 e. The van der Waals surface area contributed by atoms with Gasteiger partial charge < -0.3 is 10.1 Å². The zero-order valence-electron chi connectivity index (χ0n) is 15.4. The number of anilines is 1. The van der Waals surface area contributed by atoms with E-state index in [0.717, 1.165) is 11.8 Å². The lowest BCUT2D eigenvalue weighted by molar-refractivity contribution is -0.118. The Bertz CT molecular complexity index is 682. The summed E-state index contributed by atoms with van der Waals surface area (Å²) in [7, 11) is 0. The fourth-order valence-electron chi connectivity index (χ4n) is 1.87. The molecule has 0 fully saturated rings. The molecule has 2 amide bonds. The number of amides is 2. The largest absolute Gasteiger partial charge is 0.444 e. The predicted molar refractivity (Wildman–Crippen MR) is 101 cm³/mol. The molecule has 26 heavy (non-hydrogen) atoms. The molecule has 0 aliphatic heterocycles. The summed E-state index contributed by atoms with van der Waals surface area (Å²) in [5.74, 6) is -0.0929. The van der Waals surface area contributed by atoms with Crippen molar-refractivity contribution in [3.8, 4) is 0 Å². The third-order valence-corrected chi connectivity index (χ3v) is 3.75. The van der Waals surface area contributed by atoms with Gasteiger partial charge in [0, 0.05) is 30.5 Å². The summed E-state index contributed by atoms with van der Waals surface area (Å²) in [5.41, 5.74) is 0.114. The molecule has 142 valence electrons. The van der Waals surface area contributed by atoms with Crippen molar-refractivity contribution >= 4 is 40.3 Å². The average molecular weight is 380 g/mol. The van der Waals surface area contributed by atoms with Crippen molar-refractivity contribution in [1.29, 1.82) is 0 Å². The summed E-state index contributed by atoms with van der Waals surface area (Å²) in [6.07, 6.45) is -0.868. The van der Waals surface area contributed by atoms with Gasteiger partial charge in [-0.15, -0.1) is 0 Å². The molecule has 0 heterocycles. The zero-order chi connectivity index (χ0) is 19.7. The minimum Gasteiger partial charge on any atom is -0.444 e. The van der Waals surface area contributed by atoms with Gasteiger partial charge in [0.2, 0.25) is 5.91 Å². The molecule has 1 aromatic carbocycles. The fourth-order valence-corrected chi connectivity index (χ4v) is 2.53. The summed E-state index contributed by atoms with van der Waals surface area (Å²) in [6, 6.07) is 6.33. The van der Waals surface area contributed by atoms with E-state index >= 15 is 0 Å². The Morgan fingerprint density at radius 3 is 2.46 bits per heavy atom. The molecule has 0 radical (unpaired) electrons. The van der Waals surface area contributed by atoms with Gasteiger partial charge in [0.25, 0.3) is 0 Å². The average Bonchev–Trinajstić information content (AvgIpc) is 2.49. The minimum absolute atomic E-state index is 0.163. The van der Waals surface area contributed by atoms with Crippen LogP contribution in [0, 0.1) is 0 Å². The molecule has 0 atom stereocenters. The van der Waals surface area contributed by atoms with Crippen LogP contribution < -0.4 is 10.6 Å². The quantitative estimate of drug-likeness (QED) is 0.428. The van der Waals surface area contributed by atoms with Crippen molar-refractivity contribution < 1.29 is 23.9 Å². The first-order chi connectivity index (χ1) is 12.1. The molecular formula is C18H24N2O5S. The monoisotopic (exact) mass is 380 g/mol. The van der Waals surface area contributed by atoms with E-state index in [1.165, 1.54) is 13.0 Å². The van der Waals surface area contributed by atoms with Gasteiger partial charge in [-0.05, 0) is 32.9 Å². The standard InChI is InChI=1S/C18H24N2O5S/c1-12(21)19-8-9-26-16(23)11-15(22)13-6-5-7-14(10-13)20-17(24)25-18(2,3)4/h5-7,10H,8-9,11H2,1-4H3,(H,19,21)(H,20,24). The smallest absolute Gasteiger partial charge is 0.412 e. The van der Waals surface area contributed by atoms with Crippen molar-refractivity contribution in [2.24, 2.45) is 0 Å². The lowest BCUT2D eigenvalue weighted by atomic mass is 10.1. The summed E-state index contributed by atoms with van der Waals surface area (Å²) in [4.78, 5) is 46.6. The van der Waals surface area contributed by atoms with Gasteiger partial charge in [0.1, 0.15) is 5.60 Å². The number of rotatable bonds is 7. The van der Waals surface area contributed by atoms with Crippen molar-refractivity contribution in [3.05, 3.63) is 29.8 Å². The number of carbonyl (C=O) groups excluding carboxylic acids is 4. The zero-order valence-corrected chi connectivity index (χ0v) is 16.2. The van der Waals surface area contributed by atoms with E-state index in [0.29, 0.717) is 23.5 Å². The van der Waals surface area contributed by atoms with Crippen LogP contribution in [0.4, 0.5) is 10.5 Å². The molecular weight excluding hydrogens is 356 g/mol. The first kappa shape index (κ1) is 21.7. The predicted octanol–water partition coefficient (Wildman–Crippen LogP) is 3.00. The lowest BCUT2D eigenvalue weighted by Gasteiger charge is -2.19. The number of Topliss-reactive ketones (excluding diaryl/α,β-unsaturated/α-hetero) is 1. The molecule has 1 aromatic rings. The Balaban J connectivity index is 2.55. The molecule has 7 nitrogen and oxygen atoms in total. The Morgan fingerprint density at radius 1 is 1.15 bits per heavy atom. The summed E-state index contributed by atoms with van der Waals surface area (Å²) in [5, 5.41) is 4.86. The molecule has 8 heteroatoms. The summed E-state index contributed by atoms with van der Waals surface area (Å²) >= 11 is 0.998. The summed E-state index contributed by atoms with van der Waals surface area (Å²) in [6.45, 7) is 7.02. The van der Waals surface area contributed by atoms with Crippen LogP contribution in [0.25, 0.3) is 0 Å². The SMILES string of the molecule is CC(=O)NCCSC(=O)CC(=O)c1cccc(NC(=O)OC(C)(C)C)c1. The van der Waals surface area contributed by atoms with Crippen LogP contribution in [0.5, 0.6) is 0 Å². The topological polar surface area (TPSA) is 102 Å². The third-order valence-electron chi connectivity index (χ3n) is 2.87. The van der Waals surface area contributed by atoms with Crippen LogP contribution >= 0.6 is 11.8 Å². The second-order valence-electron chi connectivity index (χ2n) is 6.51. The van der Waals surface area contributed by atoms with Gasteiger partial charge in [-0.1, -0.05) is 23.9 Å². The number of nitrogens with one attached hydrogen (secondary N) is 2. The van der Waals surface area contributed by atoms with Crippen molar-refractivity contribution in [2.45, 2.75) is 39.7 Å². The third kappa shape index (κ3) is 9.22. The van der Waals surface area contributed by atoms with E-state index in [-0.39, 0.29) is 23.2 Å². The number of carbonyl (C=O) groups is 4. The highest BCUT2D eigenvalue weighted by atomic mass is 32.2. The highest BCUT2D eigenvalue weighted by Crippen LogP contribution is 2.16. The molecule has 0 spiro atoms. The van der Waals surface area contributed by atoms with E-state index in [4.69, 9.17) is 4.74 Å². The first-order valence-corrected chi connectivity index (χ1v) is 9.09. The number of ether oxygens (including phenoxy) is 1. The maximum absolute atomic E-state index is 12.2. The van der Waals surface area contributed by atoms with E-state index in [1.807, 2.05) is 0 Å². The normalized spacial score (nSPS) is 10.8. The van der Waals surface area contributed by atoms with E-state index in [2.05, 4.69) is 10.6 Å². The molecule has 0 aromatic heterocycles. The molecule has 0 saturated heterocycles. The van der Waals surface area contributed by atoms with Crippen molar-refractivity contribution in [1.82, 2.24) is 5.32 Å². The highest BCUT2D eigenvalue weighted by molar-refractivity contribution is 8.13. The fraction of sp³-hybridized carbons (Fsp3) is 0.444. The Hall–Kier alpha value is -2.35. The molecule has 0 saturated carbocycles. The van der Waals surface area contributed by atoms with Gasteiger partial charge in [-0.3, -0.25) is 19.7 Å². The van der Waals surface area contributed by atoms with Crippen LogP contribution in [0.2, 0.25) is 0 Å². The summed E-state index contributed by atoms with van der Waals surface area (Å²) < 4.78 is 5.16. The lowest BCUT2D eigenvalue weighted by Crippen LogP contribution is -2.27. The first-order valence-electron chi connectivity index (χ1n) is 8.10. The Labute approximate surface area is 157 Å². The molecule has 0 aliphatic rings. The van der Waals surface area contributed by atoms with E-state index in [9.17, 15) is 19.2 Å². The highest BCUT2D eigenvalue weighted by Gasteiger charge is 2.17. The van der Waals surface area contributed by atoms with Crippen molar-refractivity contribution in [3.63, 3.8) is 0 Å². The van der Waals surface area contributed by atoms with Crippen LogP contribution in [0.3, 0.4) is 0 Å². The molecule has 0 bridgehead atoms. The van der Waals surface area contributed by atoms with Crippen LogP contribution in [0.1, 0.15) is 44.5 Å². The molecule has 2 N–H and O–H groups in total. The second kappa shape index (κ2) is 9.96. The number of benzene rings is 1. The van der Waals surface area contributed by atoms with Crippen LogP contribution in [-0.4, -0.2) is 40.8 Å². The maximum atomic E-state index is 12.2. The van der Waals surface area contributed by atoms with Gasteiger partial charge >= 0.3 is 6.09 Å². The number of hydrogen-bond donors (Lipinski definition) is 2. The Morgan fingerprint density at radius 2 is 1.85 bits per heavy atom. The molecule has 0 unspecified atom stereocenters. The second-order valence-corrected chi connectivity index (χ2v) is 7.66. The van der Waals surface area contributed by atoms with Crippen LogP contribution in [-0.2, 0) is 14.3 Å². The van der Waals surface area contributed by atoms with Gasteiger partial charge in [-0.25, -0.2) is 4.79 Å². The molecule has 0 aliphatic carbocycles. The number of hydrogen-bond acceptors (Lipinski definition) is 6. The van der Waals surface area contributed by atoms with E-state index < -0.39 is 11.7 Å². The van der Waals surface area contributed by atoms with Gasteiger partial charge in [0.05, 0.1) is 6.42 Å².